The summed E-state index contributed by atoms with van der Waals surface area (Å²) in [5.74, 6) is -0.115. The predicted octanol–water partition coefficient (Wildman–Crippen LogP) is 3.14. The molecule has 0 saturated heterocycles. The minimum atomic E-state index is -0.461. The van der Waals surface area contributed by atoms with Gasteiger partial charge < -0.3 is 11.1 Å². The number of nitro benzene ring substituents is 1. The van der Waals surface area contributed by atoms with Crippen molar-refractivity contribution in [3.05, 3.63) is 33.9 Å². The average Bonchev–Trinajstić information content (AvgIpc) is 2.50. The number of rotatable bonds is 5. The van der Waals surface area contributed by atoms with Crippen molar-refractivity contribution >= 4 is 17.3 Å². The van der Waals surface area contributed by atoms with E-state index < -0.39 is 4.92 Å². The third-order valence-corrected chi connectivity index (χ3v) is 4.59. The number of non-ortho nitro benzene ring substituents is 1. The van der Waals surface area contributed by atoms with E-state index in [-0.39, 0.29) is 17.0 Å². The van der Waals surface area contributed by atoms with Gasteiger partial charge in [-0.1, -0.05) is 25.3 Å². The standard InChI is InChI=1S/C16H23N3O3/c1-12-5-6-13(19(21)22)9-14(12)18-15(20)10-16(11-17)7-3-2-4-8-16/h5-6,9H,2-4,7-8,10-11,17H2,1H3,(H,18,20). The number of aryl methyl sites for hydroxylation is 1. The molecular formula is C16H23N3O3. The van der Waals surface area contributed by atoms with E-state index >= 15 is 0 Å². The van der Waals surface area contributed by atoms with Crippen LogP contribution < -0.4 is 11.1 Å². The molecule has 0 aliphatic heterocycles. The van der Waals surface area contributed by atoms with Crippen molar-refractivity contribution in [1.29, 1.82) is 0 Å². The zero-order chi connectivity index (χ0) is 16.2. The summed E-state index contributed by atoms with van der Waals surface area (Å²) in [5.41, 5.74) is 7.08. The van der Waals surface area contributed by atoms with Crippen LogP contribution >= 0.6 is 0 Å². The highest BCUT2D eigenvalue weighted by Gasteiger charge is 2.33. The fourth-order valence-electron chi connectivity index (χ4n) is 3.15. The molecule has 120 valence electrons. The molecule has 1 aliphatic carbocycles. The lowest BCUT2D eigenvalue weighted by Crippen LogP contribution is -2.36. The van der Waals surface area contributed by atoms with E-state index in [1.807, 2.05) is 6.92 Å². The molecule has 0 radical (unpaired) electrons. The SMILES string of the molecule is Cc1ccc([N+](=O)[O-])cc1NC(=O)CC1(CN)CCCCC1. The summed E-state index contributed by atoms with van der Waals surface area (Å²) in [6.45, 7) is 2.33. The summed E-state index contributed by atoms with van der Waals surface area (Å²) >= 11 is 0. The van der Waals surface area contributed by atoms with Gasteiger partial charge in [0.2, 0.25) is 5.91 Å². The Kier molecular flexibility index (Phi) is 5.13. The van der Waals surface area contributed by atoms with Gasteiger partial charge in [-0.05, 0) is 37.3 Å². The maximum Gasteiger partial charge on any atom is 0.271 e. The number of hydrogen-bond acceptors (Lipinski definition) is 4. The van der Waals surface area contributed by atoms with Gasteiger partial charge in [0.1, 0.15) is 0 Å². The van der Waals surface area contributed by atoms with E-state index in [4.69, 9.17) is 5.73 Å². The molecule has 1 fully saturated rings. The molecule has 1 aromatic carbocycles. The number of amides is 1. The second-order valence-corrected chi connectivity index (χ2v) is 6.25. The second kappa shape index (κ2) is 6.87. The van der Waals surface area contributed by atoms with E-state index in [0.29, 0.717) is 18.7 Å². The Bertz CT molecular complexity index is 566. The molecule has 1 aromatic rings. The van der Waals surface area contributed by atoms with Crippen molar-refractivity contribution in [1.82, 2.24) is 0 Å². The van der Waals surface area contributed by atoms with Gasteiger partial charge >= 0.3 is 0 Å². The third kappa shape index (κ3) is 3.82. The summed E-state index contributed by atoms with van der Waals surface area (Å²) < 4.78 is 0. The molecule has 1 amide bonds. The van der Waals surface area contributed by atoms with E-state index in [1.54, 1.807) is 6.07 Å². The number of carbonyl (C=O) groups excluding carboxylic acids is 1. The molecule has 1 aliphatic rings. The Morgan fingerprint density at radius 1 is 1.36 bits per heavy atom. The molecule has 2 rings (SSSR count). The molecule has 0 atom stereocenters. The molecule has 0 bridgehead atoms. The molecular weight excluding hydrogens is 282 g/mol. The van der Waals surface area contributed by atoms with Crippen LogP contribution in [-0.2, 0) is 4.79 Å². The zero-order valence-electron chi connectivity index (χ0n) is 12.9. The molecule has 0 aromatic heterocycles. The van der Waals surface area contributed by atoms with Gasteiger partial charge in [0.15, 0.2) is 0 Å². The number of hydrogen-bond donors (Lipinski definition) is 2. The molecule has 6 nitrogen and oxygen atoms in total. The molecule has 6 heteroatoms. The van der Waals surface area contributed by atoms with Crippen molar-refractivity contribution < 1.29 is 9.72 Å². The van der Waals surface area contributed by atoms with Crippen molar-refractivity contribution in [2.24, 2.45) is 11.1 Å². The first-order chi connectivity index (χ1) is 10.5. The van der Waals surface area contributed by atoms with E-state index in [0.717, 1.165) is 31.2 Å². The Labute approximate surface area is 130 Å². The lowest BCUT2D eigenvalue weighted by Gasteiger charge is -2.35. The summed E-state index contributed by atoms with van der Waals surface area (Å²) in [5, 5.41) is 13.7. The van der Waals surface area contributed by atoms with Crippen molar-refractivity contribution in [3.63, 3.8) is 0 Å². The summed E-state index contributed by atoms with van der Waals surface area (Å²) in [6, 6.07) is 4.49. The molecule has 0 spiro atoms. The van der Waals surface area contributed by atoms with Crippen LogP contribution in [0.1, 0.15) is 44.1 Å². The van der Waals surface area contributed by atoms with Crippen molar-refractivity contribution in [3.8, 4) is 0 Å². The number of nitrogens with two attached hydrogens (primary N) is 1. The Balaban J connectivity index is 2.08. The fraction of sp³-hybridized carbons (Fsp3) is 0.562. The minimum absolute atomic E-state index is 0.0212. The monoisotopic (exact) mass is 305 g/mol. The Morgan fingerprint density at radius 2 is 2.05 bits per heavy atom. The van der Waals surface area contributed by atoms with Crippen molar-refractivity contribution in [2.75, 3.05) is 11.9 Å². The number of nitrogens with zero attached hydrogens (tertiary/aromatic N) is 1. The van der Waals surface area contributed by atoms with Crippen LogP contribution in [0.5, 0.6) is 0 Å². The lowest BCUT2D eigenvalue weighted by molar-refractivity contribution is -0.384. The molecule has 0 heterocycles. The van der Waals surface area contributed by atoms with Gasteiger partial charge in [0.05, 0.1) is 10.6 Å². The lowest BCUT2D eigenvalue weighted by atomic mass is 9.71. The van der Waals surface area contributed by atoms with Gasteiger partial charge in [-0.25, -0.2) is 0 Å². The first-order valence-corrected chi connectivity index (χ1v) is 7.71. The highest BCUT2D eigenvalue weighted by Crippen LogP contribution is 2.38. The van der Waals surface area contributed by atoms with Crippen molar-refractivity contribution in [2.45, 2.75) is 45.4 Å². The maximum atomic E-state index is 12.3. The minimum Gasteiger partial charge on any atom is -0.330 e. The number of anilines is 1. The van der Waals surface area contributed by atoms with E-state index in [2.05, 4.69) is 5.32 Å². The van der Waals surface area contributed by atoms with E-state index in [9.17, 15) is 14.9 Å². The first-order valence-electron chi connectivity index (χ1n) is 7.71. The van der Waals surface area contributed by atoms with Crippen LogP contribution in [-0.4, -0.2) is 17.4 Å². The highest BCUT2D eigenvalue weighted by atomic mass is 16.6. The number of carbonyl (C=O) groups is 1. The summed E-state index contributed by atoms with van der Waals surface area (Å²) in [6.07, 6.45) is 5.76. The molecule has 1 saturated carbocycles. The van der Waals surface area contributed by atoms with Gasteiger partial charge in [0.25, 0.3) is 5.69 Å². The predicted molar refractivity (Wildman–Crippen MR) is 85.7 cm³/mol. The van der Waals surface area contributed by atoms with Crippen LogP contribution in [0.2, 0.25) is 0 Å². The average molecular weight is 305 g/mol. The quantitative estimate of drug-likeness (QED) is 0.645. The van der Waals surface area contributed by atoms with Gasteiger partial charge in [-0.2, -0.15) is 0 Å². The van der Waals surface area contributed by atoms with E-state index in [1.165, 1.54) is 18.6 Å². The molecule has 3 N–H and O–H groups in total. The largest absolute Gasteiger partial charge is 0.330 e. The number of nitrogens with one attached hydrogen (secondary N) is 1. The smallest absolute Gasteiger partial charge is 0.271 e. The van der Waals surface area contributed by atoms with Gasteiger partial charge in [-0.15, -0.1) is 0 Å². The molecule has 0 unspecified atom stereocenters. The topological polar surface area (TPSA) is 98.3 Å². The summed E-state index contributed by atoms with van der Waals surface area (Å²) in [7, 11) is 0. The van der Waals surface area contributed by atoms with Crippen LogP contribution in [0.4, 0.5) is 11.4 Å². The highest BCUT2D eigenvalue weighted by molar-refractivity contribution is 5.92. The normalized spacial score (nSPS) is 17.0. The second-order valence-electron chi connectivity index (χ2n) is 6.25. The first kappa shape index (κ1) is 16.4. The zero-order valence-corrected chi connectivity index (χ0v) is 12.9. The molecule has 22 heavy (non-hydrogen) atoms. The maximum absolute atomic E-state index is 12.3. The van der Waals surface area contributed by atoms with Crippen LogP contribution in [0.25, 0.3) is 0 Å². The van der Waals surface area contributed by atoms with Crippen LogP contribution in [0.15, 0.2) is 18.2 Å². The number of benzene rings is 1. The fourth-order valence-corrected chi connectivity index (χ4v) is 3.15. The number of nitro groups is 1. The summed E-state index contributed by atoms with van der Waals surface area (Å²) in [4.78, 5) is 22.7. The third-order valence-electron chi connectivity index (χ3n) is 4.59. The van der Waals surface area contributed by atoms with Gasteiger partial charge in [0, 0.05) is 18.6 Å². The van der Waals surface area contributed by atoms with Gasteiger partial charge in [-0.3, -0.25) is 14.9 Å². The Hall–Kier alpha value is -1.95. The Morgan fingerprint density at radius 3 is 2.64 bits per heavy atom. The van der Waals surface area contributed by atoms with Crippen LogP contribution in [0.3, 0.4) is 0 Å². The van der Waals surface area contributed by atoms with Crippen LogP contribution in [0, 0.1) is 22.5 Å².